The zero-order valence-electron chi connectivity index (χ0n) is 24.7. The minimum Gasteiger partial charge on any atom is -0.398 e. The molecule has 1 aliphatic heterocycles. The number of hydrogen-bond donors (Lipinski definition) is 2. The number of likely N-dealkylation sites (tertiary alicyclic amines) is 1. The van der Waals surface area contributed by atoms with E-state index in [9.17, 15) is 31.9 Å². The number of amidine groups is 1. The van der Waals surface area contributed by atoms with Gasteiger partial charge in [-0.05, 0) is 55.0 Å². The molecule has 4 rings (SSSR count). The molecule has 3 amide bonds. The molecule has 0 saturated carbocycles. The maximum absolute atomic E-state index is 14.2. The summed E-state index contributed by atoms with van der Waals surface area (Å²) in [6.45, 7) is 5.59. The van der Waals surface area contributed by atoms with Gasteiger partial charge in [0, 0.05) is 37.7 Å². The van der Waals surface area contributed by atoms with Gasteiger partial charge in [0.05, 0.1) is 22.5 Å². The van der Waals surface area contributed by atoms with E-state index >= 15 is 0 Å². The number of piperidine rings is 1. The third-order valence-electron chi connectivity index (χ3n) is 7.23. The molecule has 0 spiro atoms. The number of amides is 3. The summed E-state index contributed by atoms with van der Waals surface area (Å²) in [7, 11) is 3.01. The van der Waals surface area contributed by atoms with Crippen LogP contribution >= 0.6 is 0 Å². The van der Waals surface area contributed by atoms with Crippen LogP contribution in [0.2, 0.25) is 0 Å². The Hall–Kier alpha value is -5.26. The van der Waals surface area contributed by atoms with Crippen molar-refractivity contribution in [1.29, 1.82) is 0 Å². The van der Waals surface area contributed by atoms with Crippen LogP contribution in [0.15, 0.2) is 107 Å². The highest BCUT2D eigenvalue weighted by atomic mass is 19.4. The number of hydrogen-bond acceptors (Lipinski definition) is 5. The fourth-order valence-corrected chi connectivity index (χ4v) is 4.99. The molecule has 0 bridgehead atoms. The summed E-state index contributed by atoms with van der Waals surface area (Å²) >= 11 is 0. The minimum atomic E-state index is -4.71. The molecule has 1 fully saturated rings. The lowest BCUT2D eigenvalue weighted by Gasteiger charge is -2.41. The van der Waals surface area contributed by atoms with Gasteiger partial charge in [0.2, 0.25) is 0 Å². The topological polar surface area (TPSA) is 108 Å². The average molecular weight is 622 g/mol. The molecule has 1 saturated heterocycles. The van der Waals surface area contributed by atoms with Gasteiger partial charge >= 0.3 is 6.18 Å². The third kappa shape index (κ3) is 6.95. The number of nitrogens with one attached hydrogen (secondary N) is 1. The third-order valence-corrected chi connectivity index (χ3v) is 7.23. The highest BCUT2D eigenvalue weighted by Crippen LogP contribution is 2.39. The normalized spacial score (nSPS) is 18.9. The first-order valence-electron chi connectivity index (χ1n) is 13.8. The van der Waals surface area contributed by atoms with Crippen LogP contribution in [0.4, 0.5) is 23.2 Å². The zero-order chi connectivity index (χ0) is 33.1. The molecule has 0 aliphatic carbocycles. The number of nitrogens with zero attached hydrogens (tertiary/aromatic N) is 3. The molecule has 45 heavy (non-hydrogen) atoms. The van der Waals surface area contributed by atoms with Crippen LogP contribution in [0.1, 0.15) is 34.3 Å². The smallest absolute Gasteiger partial charge is 0.398 e. The van der Waals surface area contributed by atoms with E-state index in [1.807, 2.05) is 0 Å². The summed E-state index contributed by atoms with van der Waals surface area (Å²) in [5.41, 5.74) is 5.92. The number of halogens is 4. The van der Waals surface area contributed by atoms with E-state index in [-0.39, 0.29) is 34.8 Å². The van der Waals surface area contributed by atoms with Gasteiger partial charge in [0.15, 0.2) is 0 Å². The molecular weight excluding hydrogens is 590 g/mol. The molecule has 2 unspecified atom stereocenters. The molecule has 3 aromatic carbocycles. The first-order valence-corrected chi connectivity index (χ1v) is 13.8. The number of nitrogens with two attached hydrogens (primary N) is 1. The fourth-order valence-electron chi connectivity index (χ4n) is 4.99. The van der Waals surface area contributed by atoms with E-state index in [1.54, 1.807) is 37.3 Å². The summed E-state index contributed by atoms with van der Waals surface area (Å²) < 4.78 is 54.4. The van der Waals surface area contributed by atoms with Crippen molar-refractivity contribution in [3.8, 4) is 0 Å². The molecule has 3 N–H and O–H groups in total. The Morgan fingerprint density at radius 2 is 1.67 bits per heavy atom. The Bertz CT molecular complexity index is 1680. The van der Waals surface area contributed by atoms with Crippen molar-refractivity contribution in [2.75, 3.05) is 20.6 Å². The molecule has 3 aromatic rings. The van der Waals surface area contributed by atoms with E-state index in [0.717, 1.165) is 24.3 Å². The number of carbonyl (C=O) groups is 3. The van der Waals surface area contributed by atoms with Crippen molar-refractivity contribution < 1.29 is 31.9 Å². The van der Waals surface area contributed by atoms with E-state index in [2.05, 4.69) is 11.9 Å². The van der Waals surface area contributed by atoms with Gasteiger partial charge < -0.3 is 16.0 Å². The van der Waals surface area contributed by atoms with Crippen molar-refractivity contribution >= 4 is 29.2 Å². The van der Waals surface area contributed by atoms with E-state index in [0.29, 0.717) is 17.3 Å². The Morgan fingerprint density at radius 3 is 2.24 bits per heavy atom. The monoisotopic (exact) mass is 621 g/mol. The zero-order valence-corrected chi connectivity index (χ0v) is 24.7. The van der Waals surface area contributed by atoms with Crippen LogP contribution in [0.25, 0.3) is 0 Å². The Balaban J connectivity index is 1.98. The summed E-state index contributed by atoms with van der Waals surface area (Å²) in [5.74, 6) is -3.83. The molecule has 0 aromatic heterocycles. The van der Waals surface area contributed by atoms with Crippen molar-refractivity contribution in [1.82, 2.24) is 15.1 Å². The van der Waals surface area contributed by atoms with E-state index in [1.165, 1.54) is 42.1 Å². The summed E-state index contributed by atoms with van der Waals surface area (Å²) in [6, 6.07) is 16.0. The Morgan fingerprint density at radius 1 is 1.02 bits per heavy atom. The van der Waals surface area contributed by atoms with Gasteiger partial charge in [-0.25, -0.2) is 9.38 Å². The molecule has 1 heterocycles. The van der Waals surface area contributed by atoms with Crippen molar-refractivity contribution in [3.63, 3.8) is 0 Å². The van der Waals surface area contributed by atoms with Crippen LogP contribution in [0.3, 0.4) is 0 Å². The van der Waals surface area contributed by atoms with Gasteiger partial charge in [-0.15, -0.1) is 0 Å². The molecule has 8 nitrogen and oxygen atoms in total. The molecule has 0 radical (unpaired) electrons. The van der Waals surface area contributed by atoms with E-state index in [4.69, 9.17) is 10.7 Å². The largest absolute Gasteiger partial charge is 0.416 e. The molecule has 2 atom stereocenters. The SMILES string of the molecule is C=C(C(=O)N(C)C)/C(N)=C1/C(=Nc2ccccc2)N(CC)C(=O)C(NC(=O)c2cccc(C(F)(F)F)c2)C1c1ccc(F)cc1. The summed E-state index contributed by atoms with van der Waals surface area (Å²) in [4.78, 5) is 48.0. The second kappa shape index (κ2) is 13.2. The first-order chi connectivity index (χ1) is 21.2. The number of benzene rings is 3. The summed E-state index contributed by atoms with van der Waals surface area (Å²) in [5, 5.41) is 2.59. The lowest BCUT2D eigenvalue weighted by Crippen LogP contribution is -2.59. The van der Waals surface area contributed by atoms with Crippen LogP contribution in [0.5, 0.6) is 0 Å². The maximum Gasteiger partial charge on any atom is 0.416 e. The van der Waals surface area contributed by atoms with Gasteiger partial charge in [-0.3, -0.25) is 19.3 Å². The number of carbonyl (C=O) groups excluding carboxylic acids is 3. The van der Waals surface area contributed by atoms with Crippen LogP contribution in [0, 0.1) is 5.82 Å². The number of aliphatic imine (C=N–C) groups is 1. The predicted molar refractivity (Wildman–Crippen MR) is 162 cm³/mol. The Kier molecular flexibility index (Phi) is 9.55. The fraction of sp³-hybridized carbons (Fsp3) is 0.212. The molecule has 1 aliphatic rings. The predicted octanol–water partition coefficient (Wildman–Crippen LogP) is 5.18. The molecule has 12 heteroatoms. The minimum absolute atomic E-state index is 0.0431. The number of rotatable bonds is 7. The second-order valence-electron chi connectivity index (χ2n) is 10.4. The molecular formula is C33H31F4N5O3. The highest BCUT2D eigenvalue weighted by molar-refractivity contribution is 6.17. The van der Waals surface area contributed by atoms with Gasteiger partial charge in [0.1, 0.15) is 17.7 Å². The van der Waals surface area contributed by atoms with Gasteiger partial charge in [-0.1, -0.05) is 43.0 Å². The summed E-state index contributed by atoms with van der Waals surface area (Å²) in [6.07, 6.45) is -4.71. The standard InChI is InChI=1S/C33H31F4N5O3/c1-5-42-29(39-24-12-7-6-8-13-24)26(27(38)19(2)31(44)41(3)4)25(20-14-16-23(34)17-15-20)28(32(42)45)40-30(43)21-10-9-11-22(18-21)33(35,36)37/h6-18,25,28H,2,5,38H2,1,3-4H3,(H,40,43)/b27-26-,39-29?. The van der Waals surface area contributed by atoms with Crippen molar-refractivity contribution in [3.05, 3.63) is 125 Å². The van der Waals surface area contributed by atoms with Crippen molar-refractivity contribution in [2.45, 2.75) is 25.1 Å². The first kappa shape index (κ1) is 32.6. The van der Waals surface area contributed by atoms with Gasteiger partial charge in [-0.2, -0.15) is 13.2 Å². The highest BCUT2D eigenvalue weighted by Gasteiger charge is 2.46. The lowest BCUT2D eigenvalue weighted by atomic mass is 9.78. The quantitative estimate of drug-likeness (QED) is 0.280. The number of likely N-dealkylation sites (N-methyl/N-ethyl adjacent to an activating group) is 2. The lowest BCUT2D eigenvalue weighted by molar-refractivity contribution is -0.137. The van der Waals surface area contributed by atoms with Crippen LogP contribution < -0.4 is 11.1 Å². The Labute approximate surface area is 257 Å². The second-order valence-corrected chi connectivity index (χ2v) is 10.4. The number of para-hydroxylation sites is 1. The maximum atomic E-state index is 14.2. The van der Waals surface area contributed by atoms with E-state index < -0.39 is 47.2 Å². The van der Waals surface area contributed by atoms with Crippen molar-refractivity contribution in [2.24, 2.45) is 10.7 Å². The van der Waals surface area contributed by atoms with Crippen LogP contribution in [-0.2, 0) is 15.8 Å². The van der Waals surface area contributed by atoms with Gasteiger partial charge in [0.25, 0.3) is 17.7 Å². The number of alkyl halides is 3. The molecule has 234 valence electrons. The average Bonchev–Trinajstić information content (AvgIpc) is 3.01. The van der Waals surface area contributed by atoms with Crippen LogP contribution in [-0.4, -0.2) is 60.0 Å².